The van der Waals surface area contributed by atoms with Crippen LogP contribution < -0.4 is 5.32 Å². The quantitative estimate of drug-likeness (QED) is 0.869. The molecule has 0 aliphatic carbocycles. The van der Waals surface area contributed by atoms with Crippen molar-refractivity contribution in [2.45, 2.75) is 46.9 Å². The van der Waals surface area contributed by atoms with Gasteiger partial charge in [-0.25, -0.2) is 0 Å². The molecule has 20 heavy (non-hydrogen) atoms. The summed E-state index contributed by atoms with van der Waals surface area (Å²) in [5.74, 6) is 2.78. The fourth-order valence-electron chi connectivity index (χ4n) is 2.59. The van der Waals surface area contributed by atoms with Crippen molar-refractivity contribution in [1.29, 1.82) is 0 Å². The molecular formula is C16H28N2O2. The largest absolute Gasteiger partial charge is 0.465 e. The second-order valence-corrected chi connectivity index (χ2v) is 6.24. The fourth-order valence-corrected chi connectivity index (χ4v) is 2.59. The predicted octanol–water partition coefficient (Wildman–Crippen LogP) is 2.55. The maximum atomic E-state index is 5.89. The van der Waals surface area contributed by atoms with Crippen LogP contribution in [-0.4, -0.2) is 37.2 Å². The van der Waals surface area contributed by atoms with Gasteiger partial charge < -0.3 is 14.5 Å². The molecule has 4 heteroatoms. The van der Waals surface area contributed by atoms with Gasteiger partial charge in [0.15, 0.2) is 0 Å². The number of nitrogens with one attached hydrogen (secondary N) is 1. The summed E-state index contributed by atoms with van der Waals surface area (Å²) < 4.78 is 11.5. The van der Waals surface area contributed by atoms with E-state index >= 15 is 0 Å². The first kappa shape index (κ1) is 15.5. The van der Waals surface area contributed by atoms with E-state index in [-0.39, 0.29) is 0 Å². The zero-order valence-corrected chi connectivity index (χ0v) is 13.2. The molecule has 0 spiro atoms. The van der Waals surface area contributed by atoms with Crippen LogP contribution in [0, 0.1) is 12.8 Å². The maximum Gasteiger partial charge on any atom is 0.118 e. The van der Waals surface area contributed by atoms with Crippen molar-refractivity contribution < 1.29 is 9.15 Å². The number of ether oxygens (including phenoxy) is 1. The highest BCUT2D eigenvalue weighted by Gasteiger charge is 2.18. The first-order valence-electron chi connectivity index (χ1n) is 7.67. The molecule has 1 N–H and O–H groups in total. The van der Waals surface area contributed by atoms with Gasteiger partial charge in [0, 0.05) is 25.2 Å². The van der Waals surface area contributed by atoms with Gasteiger partial charge >= 0.3 is 0 Å². The summed E-state index contributed by atoms with van der Waals surface area (Å²) in [6, 6.07) is 2.20. The van der Waals surface area contributed by atoms with Crippen molar-refractivity contribution >= 4 is 0 Å². The van der Waals surface area contributed by atoms with E-state index in [1.807, 2.05) is 0 Å². The molecule has 1 saturated heterocycles. The summed E-state index contributed by atoms with van der Waals surface area (Å²) >= 11 is 0. The summed E-state index contributed by atoms with van der Waals surface area (Å²) in [7, 11) is 0. The predicted molar refractivity (Wildman–Crippen MR) is 80.7 cm³/mol. The highest BCUT2D eigenvalue weighted by atomic mass is 16.5. The van der Waals surface area contributed by atoms with Crippen LogP contribution in [-0.2, 0) is 17.8 Å². The number of furan rings is 1. The Labute approximate surface area is 122 Å². The Kier molecular flexibility index (Phi) is 5.64. The zero-order chi connectivity index (χ0) is 14.5. The average Bonchev–Trinajstić information content (AvgIpc) is 2.69. The Bertz CT molecular complexity index is 415. The van der Waals surface area contributed by atoms with Gasteiger partial charge in [0.1, 0.15) is 11.5 Å². The van der Waals surface area contributed by atoms with Gasteiger partial charge in [-0.3, -0.25) is 4.90 Å². The molecule has 1 atom stereocenters. The van der Waals surface area contributed by atoms with E-state index < -0.39 is 0 Å². The van der Waals surface area contributed by atoms with Gasteiger partial charge in [0.05, 0.1) is 19.3 Å². The van der Waals surface area contributed by atoms with Crippen molar-refractivity contribution in [2.75, 3.05) is 26.2 Å². The first-order valence-corrected chi connectivity index (χ1v) is 7.67. The summed E-state index contributed by atoms with van der Waals surface area (Å²) in [6.45, 7) is 14.3. The molecule has 114 valence electrons. The van der Waals surface area contributed by atoms with Gasteiger partial charge in [-0.1, -0.05) is 13.8 Å². The Morgan fingerprint density at radius 1 is 1.45 bits per heavy atom. The van der Waals surface area contributed by atoms with Crippen LogP contribution in [0.25, 0.3) is 0 Å². The first-order chi connectivity index (χ1) is 9.54. The van der Waals surface area contributed by atoms with E-state index in [9.17, 15) is 0 Å². The number of hydrogen-bond donors (Lipinski definition) is 1. The SMILES string of the molecule is Cc1oc(CN2CCOC(C)C2)cc1CNCC(C)C. The Hall–Kier alpha value is -0.840. The molecule has 1 fully saturated rings. The van der Waals surface area contributed by atoms with Crippen LogP contribution in [0.4, 0.5) is 0 Å². The monoisotopic (exact) mass is 280 g/mol. The third kappa shape index (κ3) is 4.62. The molecule has 1 aliphatic heterocycles. The van der Waals surface area contributed by atoms with Crippen molar-refractivity contribution in [3.8, 4) is 0 Å². The number of aryl methyl sites for hydroxylation is 1. The van der Waals surface area contributed by atoms with E-state index in [1.54, 1.807) is 0 Å². The van der Waals surface area contributed by atoms with Crippen LogP contribution in [0.3, 0.4) is 0 Å². The minimum Gasteiger partial charge on any atom is -0.465 e. The lowest BCUT2D eigenvalue weighted by atomic mass is 10.2. The molecular weight excluding hydrogens is 252 g/mol. The third-order valence-corrected chi connectivity index (χ3v) is 3.64. The average molecular weight is 280 g/mol. The van der Waals surface area contributed by atoms with Crippen LogP contribution in [0.15, 0.2) is 10.5 Å². The number of morpholine rings is 1. The van der Waals surface area contributed by atoms with Gasteiger partial charge in [-0.05, 0) is 32.4 Å². The maximum absolute atomic E-state index is 5.89. The lowest BCUT2D eigenvalue weighted by Gasteiger charge is -2.30. The van der Waals surface area contributed by atoms with Crippen molar-refractivity contribution in [3.05, 3.63) is 23.2 Å². The second-order valence-electron chi connectivity index (χ2n) is 6.24. The van der Waals surface area contributed by atoms with Gasteiger partial charge in [-0.15, -0.1) is 0 Å². The van der Waals surface area contributed by atoms with Crippen LogP contribution in [0.5, 0.6) is 0 Å². The lowest BCUT2D eigenvalue weighted by Crippen LogP contribution is -2.40. The smallest absolute Gasteiger partial charge is 0.118 e. The van der Waals surface area contributed by atoms with Gasteiger partial charge in [0.25, 0.3) is 0 Å². The molecule has 2 rings (SSSR count). The van der Waals surface area contributed by atoms with Crippen LogP contribution in [0.1, 0.15) is 37.9 Å². The minimum atomic E-state index is 0.326. The third-order valence-electron chi connectivity index (χ3n) is 3.64. The summed E-state index contributed by atoms with van der Waals surface area (Å²) in [5, 5.41) is 3.47. The molecule has 2 heterocycles. The molecule has 1 unspecified atom stereocenters. The van der Waals surface area contributed by atoms with Crippen LogP contribution >= 0.6 is 0 Å². The molecule has 0 saturated carbocycles. The van der Waals surface area contributed by atoms with Crippen molar-refractivity contribution in [1.82, 2.24) is 10.2 Å². The number of rotatable bonds is 6. The molecule has 1 aromatic rings. The molecule has 0 amide bonds. The highest BCUT2D eigenvalue weighted by Crippen LogP contribution is 2.17. The molecule has 0 bridgehead atoms. The lowest BCUT2D eigenvalue weighted by molar-refractivity contribution is -0.0231. The summed E-state index contributed by atoms with van der Waals surface area (Å²) in [6.07, 6.45) is 0.326. The fraction of sp³-hybridized carbons (Fsp3) is 0.750. The van der Waals surface area contributed by atoms with E-state index in [1.165, 1.54) is 5.56 Å². The molecule has 4 nitrogen and oxygen atoms in total. The minimum absolute atomic E-state index is 0.326. The van der Waals surface area contributed by atoms with E-state index in [2.05, 4.69) is 44.0 Å². The van der Waals surface area contributed by atoms with E-state index in [4.69, 9.17) is 9.15 Å². The van der Waals surface area contributed by atoms with Crippen molar-refractivity contribution in [2.24, 2.45) is 5.92 Å². The van der Waals surface area contributed by atoms with Gasteiger partial charge in [0.2, 0.25) is 0 Å². The molecule has 1 aliphatic rings. The molecule has 0 aromatic carbocycles. The summed E-state index contributed by atoms with van der Waals surface area (Å²) in [4.78, 5) is 2.40. The normalized spacial score (nSPS) is 20.8. The Balaban J connectivity index is 1.86. The molecule has 1 aromatic heterocycles. The van der Waals surface area contributed by atoms with E-state index in [0.29, 0.717) is 12.0 Å². The Morgan fingerprint density at radius 2 is 2.25 bits per heavy atom. The van der Waals surface area contributed by atoms with Crippen molar-refractivity contribution in [3.63, 3.8) is 0 Å². The highest BCUT2D eigenvalue weighted by molar-refractivity contribution is 5.20. The Morgan fingerprint density at radius 3 is 2.95 bits per heavy atom. The van der Waals surface area contributed by atoms with Crippen LogP contribution in [0.2, 0.25) is 0 Å². The summed E-state index contributed by atoms with van der Waals surface area (Å²) in [5.41, 5.74) is 1.28. The number of nitrogens with zero attached hydrogens (tertiary/aromatic N) is 1. The molecule has 0 radical (unpaired) electrons. The second kappa shape index (κ2) is 7.25. The van der Waals surface area contributed by atoms with E-state index in [0.717, 1.165) is 50.9 Å². The topological polar surface area (TPSA) is 37.6 Å². The number of hydrogen-bond acceptors (Lipinski definition) is 4. The van der Waals surface area contributed by atoms with Gasteiger partial charge in [-0.2, -0.15) is 0 Å². The zero-order valence-electron chi connectivity index (χ0n) is 13.2. The standard InChI is InChI=1S/C16H28N2O2/c1-12(2)8-17-9-15-7-16(20-14(15)4)11-18-5-6-19-13(3)10-18/h7,12-13,17H,5-6,8-11H2,1-4H3.